The van der Waals surface area contributed by atoms with Gasteiger partial charge in [0.25, 0.3) is 11.8 Å². The van der Waals surface area contributed by atoms with E-state index in [-0.39, 0.29) is 23.6 Å². The van der Waals surface area contributed by atoms with Crippen molar-refractivity contribution in [2.45, 2.75) is 25.9 Å². The van der Waals surface area contributed by atoms with Crippen molar-refractivity contribution in [1.82, 2.24) is 10.6 Å². The normalized spacial score (nSPS) is 17.1. The molecule has 1 saturated heterocycles. The molecule has 2 N–H and O–H groups in total. The van der Waals surface area contributed by atoms with Crippen molar-refractivity contribution in [3.63, 3.8) is 0 Å². The van der Waals surface area contributed by atoms with Gasteiger partial charge in [-0.3, -0.25) is 9.59 Å². The Morgan fingerprint density at radius 1 is 1.27 bits per heavy atom. The molecule has 1 aromatic heterocycles. The highest BCUT2D eigenvalue weighted by molar-refractivity contribution is 7.10. The highest BCUT2D eigenvalue weighted by Crippen LogP contribution is 2.14. The van der Waals surface area contributed by atoms with Crippen LogP contribution in [-0.2, 0) is 9.53 Å². The second-order valence-electron chi connectivity index (χ2n) is 6.24. The molecular formula is C20H22N2O3S. The summed E-state index contributed by atoms with van der Waals surface area (Å²) in [6.07, 6.45) is 3.71. The average Bonchev–Trinajstić information content (AvgIpc) is 3.33. The van der Waals surface area contributed by atoms with Gasteiger partial charge in [-0.25, -0.2) is 0 Å². The first-order valence-electron chi connectivity index (χ1n) is 8.65. The summed E-state index contributed by atoms with van der Waals surface area (Å²) in [6, 6.07) is 11.0. The maximum Gasteiger partial charge on any atom is 0.267 e. The number of benzene rings is 1. The number of aryl methyl sites for hydroxylation is 1. The smallest absolute Gasteiger partial charge is 0.267 e. The summed E-state index contributed by atoms with van der Waals surface area (Å²) in [7, 11) is 0. The average molecular weight is 370 g/mol. The van der Waals surface area contributed by atoms with E-state index in [2.05, 4.69) is 10.6 Å². The molecule has 26 heavy (non-hydrogen) atoms. The highest BCUT2D eigenvalue weighted by Gasteiger charge is 2.19. The predicted molar refractivity (Wildman–Crippen MR) is 103 cm³/mol. The summed E-state index contributed by atoms with van der Waals surface area (Å²) in [5.41, 5.74) is 1.82. The molecule has 0 saturated carbocycles. The van der Waals surface area contributed by atoms with E-state index in [0.29, 0.717) is 12.1 Å². The van der Waals surface area contributed by atoms with Gasteiger partial charge in [-0.05, 0) is 49.4 Å². The zero-order chi connectivity index (χ0) is 18.4. The van der Waals surface area contributed by atoms with Crippen LogP contribution in [0.3, 0.4) is 0 Å². The van der Waals surface area contributed by atoms with Gasteiger partial charge in [-0.15, -0.1) is 11.3 Å². The van der Waals surface area contributed by atoms with Crippen LogP contribution < -0.4 is 10.6 Å². The van der Waals surface area contributed by atoms with Crippen LogP contribution in [0.5, 0.6) is 0 Å². The van der Waals surface area contributed by atoms with Crippen LogP contribution in [0.25, 0.3) is 6.08 Å². The van der Waals surface area contributed by atoms with Gasteiger partial charge in [-0.2, -0.15) is 0 Å². The Bertz CT molecular complexity index is 776. The lowest BCUT2D eigenvalue weighted by Crippen LogP contribution is -2.38. The Morgan fingerprint density at radius 2 is 2.08 bits per heavy atom. The lowest BCUT2D eigenvalue weighted by atomic mass is 10.1. The van der Waals surface area contributed by atoms with Gasteiger partial charge in [0.2, 0.25) is 0 Å². The quantitative estimate of drug-likeness (QED) is 0.768. The third kappa shape index (κ3) is 5.03. The molecule has 5 nitrogen and oxygen atoms in total. The number of thiophene rings is 1. The van der Waals surface area contributed by atoms with E-state index < -0.39 is 0 Å². The molecule has 0 bridgehead atoms. The first-order chi connectivity index (χ1) is 12.6. The van der Waals surface area contributed by atoms with E-state index in [1.807, 2.05) is 36.6 Å². The molecule has 136 valence electrons. The number of carbonyl (C=O) groups excluding carboxylic acids is 2. The van der Waals surface area contributed by atoms with Gasteiger partial charge < -0.3 is 15.4 Å². The van der Waals surface area contributed by atoms with Crippen molar-refractivity contribution in [1.29, 1.82) is 0 Å². The van der Waals surface area contributed by atoms with Gasteiger partial charge in [0.1, 0.15) is 5.70 Å². The molecule has 1 aromatic carbocycles. The largest absolute Gasteiger partial charge is 0.376 e. The van der Waals surface area contributed by atoms with Crippen LogP contribution in [0.1, 0.15) is 33.6 Å². The summed E-state index contributed by atoms with van der Waals surface area (Å²) < 4.78 is 5.53. The Hall–Kier alpha value is -2.44. The van der Waals surface area contributed by atoms with Crippen molar-refractivity contribution >= 4 is 29.2 Å². The van der Waals surface area contributed by atoms with Gasteiger partial charge in [0.05, 0.1) is 6.10 Å². The van der Waals surface area contributed by atoms with E-state index in [4.69, 9.17) is 4.74 Å². The Labute approximate surface area is 157 Å². The summed E-state index contributed by atoms with van der Waals surface area (Å²) in [5.74, 6) is -0.616. The predicted octanol–water partition coefficient (Wildman–Crippen LogP) is 3.12. The first-order valence-corrected chi connectivity index (χ1v) is 9.53. The number of nitrogens with one attached hydrogen (secondary N) is 2. The zero-order valence-corrected chi connectivity index (χ0v) is 15.5. The van der Waals surface area contributed by atoms with Crippen LogP contribution >= 0.6 is 11.3 Å². The van der Waals surface area contributed by atoms with Crippen LogP contribution in [0, 0.1) is 6.92 Å². The lowest BCUT2D eigenvalue weighted by molar-refractivity contribution is -0.118. The molecule has 1 aliphatic rings. The van der Waals surface area contributed by atoms with Crippen LogP contribution in [0.4, 0.5) is 0 Å². The van der Waals surface area contributed by atoms with E-state index in [1.54, 1.807) is 18.2 Å². The van der Waals surface area contributed by atoms with Gasteiger partial charge in [0, 0.05) is 23.6 Å². The van der Waals surface area contributed by atoms with E-state index in [9.17, 15) is 9.59 Å². The molecule has 0 aliphatic carbocycles. The van der Waals surface area contributed by atoms with Crippen molar-refractivity contribution in [3.05, 3.63) is 63.5 Å². The molecule has 2 amide bonds. The molecule has 1 atom stereocenters. The Morgan fingerprint density at radius 3 is 2.73 bits per heavy atom. The molecule has 3 rings (SSSR count). The van der Waals surface area contributed by atoms with Crippen molar-refractivity contribution in [2.24, 2.45) is 0 Å². The van der Waals surface area contributed by atoms with Gasteiger partial charge in [0.15, 0.2) is 0 Å². The van der Waals surface area contributed by atoms with Crippen molar-refractivity contribution in [3.8, 4) is 0 Å². The van der Waals surface area contributed by atoms with Crippen molar-refractivity contribution < 1.29 is 14.3 Å². The number of amides is 2. The second-order valence-corrected chi connectivity index (χ2v) is 7.22. The SMILES string of the molecule is Cc1ccc(C(=O)N/C(=C/c2cccs2)C(=O)NC[C@H]2CCCO2)cc1. The maximum atomic E-state index is 12.6. The number of rotatable bonds is 6. The van der Waals surface area contributed by atoms with Crippen molar-refractivity contribution in [2.75, 3.05) is 13.2 Å². The minimum absolute atomic E-state index is 0.0507. The molecule has 0 spiro atoms. The number of carbonyl (C=O) groups is 2. The molecule has 2 heterocycles. The Balaban J connectivity index is 1.71. The second kappa shape index (κ2) is 8.78. The molecular weight excluding hydrogens is 348 g/mol. The van der Waals surface area contributed by atoms with Crippen LogP contribution in [-0.4, -0.2) is 31.1 Å². The van der Waals surface area contributed by atoms with E-state index >= 15 is 0 Å². The third-order valence-corrected chi connectivity index (χ3v) is 4.97. The fourth-order valence-electron chi connectivity index (χ4n) is 2.68. The highest BCUT2D eigenvalue weighted by atomic mass is 32.1. The fourth-order valence-corrected chi connectivity index (χ4v) is 3.34. The van der Waals surface area contributed by atoms with Gasteiger partial charge >= 0.3 is 0 Å². The minimum atomic E-state index is -0.311. The number of hydrogen-bond donors (Lipinski definition) is 2. The standard InChI is InChI=1S/C20H22N2O3S/c1-14-6-8-15(9-7-14)19(23)22-18(12-17-5-3-11-26-17)20(24)21-13-16-4-2-10-25-16/h3,5-9,11-12,16H,2,4,10,13H2,1H3,(H,21,24)(H,22,23)/b18-12+/t16-/m1/s1. The van der Waals surface area contributed by atoms with Gasteiger partial charge in [-0.1, -0.05) is 23.8 Å². The minimum Gasteiger partial charge on any atom is -0.376 e. The van der Waals surface area contributed by atoms with E-state index in [1.165, 1.54) is 11.3 Å². The first kappa shape index (κ1) is 18.4. The maximum absolute atomic E-state index is 12.6. The summed E-state index contributed by atoms with van der Waals surface area (Å²) >= 11 is 1.50. The Kier molecular flexibility index (Phi) is 6.20. The molecule has 6 heteroatoms. The van der Waals surface area contributed by atoms with Crippen LogP contribution in [0.2, 0.25) is 0 Å². The van der Waals surface area contributed by atoms with E-state index in [0.717, 1.165) is 29.9 Å². The molecule has 0 unspecified atom stereocenters. The third-order valence-electron chi connectivity index (χ3n) is 4.15. The zero-order valence-electron chi connectivity index (χ0n) is 14.7. The van der Waals surface area contributed by atoms with Crippen LogP contribution in [0.15, 0.2) is 47.5 Å². The monoisotopic (exact) mass is 370 g/mol. The number of hydrogen-bond acceptors (Lipinski definition) is 4. The number of ether oxygens (including phenoxy) is 1. The summed E-state index contributed by atoms with van der Waals surface area (Å²) in [6.45, 7) is 3.14. The lowest BCUT2D eigenvalue weighted by Gasteiger charge is -2.13. The molecule has 2 aromatic rings. The molecule has 1 fully saturated rings. The topological polar surface area (TPSA) is 67.4 Å². The summed E-state index contributed by atoms with van der Waals surface area (Å²) in [4.78, 5) is 26.0. The fraction of sp³-hybridized carbons (Fsp3) is 0.300. The molecule has 1 aliphatic heterocycles. The molecule has 0 radical (unpaired) electrons. The summed E-state index contributed by atoms with van der Waals surface area (Å²) in [5, 5.41) is 7.53.